The van der Waals surface area contributed by atoms with Gasteiger partial charge in [-0.2, -0.15) is 0 Å². The van der Waals surface area contributed by atoms with Crippen molar-refractivity contribution in [3.8, 4) is 10.6 Å². The van der Waals surface area contributed by atoms with E-state index < -0.39 is 11.9 Å². The van der Waals surface area contributed by atoms with Gasteiger partial charge >= 0.3 is 12.0 Å². The average molecular weight is 391 g/mol. The van der Waals surface area contributed by atoms with Gasteiger partial charge in [-0.3, -0.25) is 10.1 Å². The molecule has 2 aromatic rings. The number of anilines is 1. The molecule has 3 amide bonds. The quantitative estimate of drug-likeness (QED) is 0.511. The summed E-state index contributed by atoms with van der Waals surface area (Å²) in [4.78, 5) is 43.4. The molecular formula is C17H21N5O4S. The summed E-state index contributed by atoms with van der Waals surface area (Å²) in [5.41, 5.74) is 0.444. The summed E-state index contributed by atoms with van der Waals surface area (Å²) < 4.78 is 0. The van der Waals surface area contributed by atoms with Crippen LogP contribution in [0, 0.1) is 0 Å². The molecule has 0 unspecified atom stereocenters. The number of nitrogens with one attached hydrogen (secondary N) is 3. The van der Waals surface area contributed by atoms with E-state index in [9.17, 15) is 19.5 Å². The first kappa shape index (κ1) is 20.3. The fraction of sp³-hybridized carbons (Fsp3) is 0.353. The molecule has 2 rings (SSSR count). The van der Waals surface area contributed by atoms with Crippen LogP contribution in [0.25, 0.3) is 10.6 Å². The highest BCUT2D eigenvalue weighted by atomic mass is 32.1. The molecular weight excluding hydrogens is 370 g/mol. The van der Waals surface area contributed by atoms with Gasteiger partial charge in [-0.15, -0.1) is 11.3 Å². The first-order chi connectivity index (χ1) is 13.0. The third-order valence-corrected chi connectivity index (χ3v) is 4.53. The Balaban J connectivity index is 2.20. The Morgan fingerprint density at radius 3 is 2.56 bits per heavy atom. The first-order valence-electron chi connectivity index (χ1n) is 8.49. The number of aromatic nitrogens is 2. The van der Waals surface area contributed by atoms with Crippen LogP contribution in [-0.4, -0.2) is 46.1 Å². The predicted octanol–water partition coefficient (Wildman–Crippen LogP) is 2.57. The Morgan fingerprint density at radius 2 is 1.96 bits per heavy atom. The Morgan fingerprint density at radius 1 is 1.19 bits per heavy atom. The van der Waals surface area contributed by atoms with Gasteiger partial charge in [0.25, 0.3) is 5.91 Å². The summed E-state index contributed by atoms with van der Waals surface area (Å²) in [6.07, 6.45) is 3.18. The van der Waals surface area contributed by atoms with Gasteiger partial charge in [-0.1, -0.05) is 13.3 Å². The summed E-state index contributed by atoms with van der Waals surface area (Å²) in [7, 11) is 0. The van der Waals surface area contributed by atoms with Crippen LogP contribution in [0.3, 0.4) is 0 Å². The lowest BCUT2D eigenvalue weighted by Crippen LogP contribution is -2.28. The molecule has 9 nitrogen and oxygen atoms in total. The molecule has 0 aliphatic rings. The van der Waals surface area contributed by atoms with Crippen molar-refractivity contribution in [2.75, 3.05) is 18.4 Å². The molecule has 0 saturated heterocycles. The zero-order chi connectivity index (χ0) is 19.8. The fourth-order valence-corrected chi connectivity index (χ4v) is 3.01. The number of carbonyl (C=O) groups is 3. The molecule has 10 heteroatoms. The second kappa shape index (κ2) is 9.62. The third kappa shape index (κ3) is 5.48. The zero-order valence-corrected chi connectivity index (χ0v) is 15.9. The van der Waals surface area contributed by atoms with Crippen molar-refractivity contribution >= 4 is 35.1 Å². The van der Waals surface area contributed by atoms with Crippen LogP contribution in [0.15, 0.2) is 18.3 Å². The number of hydrogen-bond acceptors (Lipinski definition) is 6. The minimum absolute atomic E-state index is 0.108. The number of pyridine rings is 1. The monoisotopic (exact) mass is 391 g/mol. The summed E-state index contributed by atoms with van der Waals surface area (Å²) >= 11 is 0.905. The number of nitrogens with zero attached hydrogens (tertiary/aromatic N) is 2. The molecule has 4 N–H and O–H groups in total. The Labute approximate surface area is 160 Å². The molecule has 0 fully saturated rings. The summed E-state index contributed by atoms with van der Waals surface area (Å²) in [6.45, 7) is 4.74. The van der Waals surface area contributed by atoms with Gasteiger partial charge < -0.3 is 15.7 Å². The maximum Gasteiger partial charge on any atom is 0.348 e. The molecule has 0 aliphatic heterocycles. The highest BCUT2D eigenvalue weighted by Crippen LogP contribution is 2.28. The van der Waals surface area contributed by atoms with Crippen LogP contribution in [0.2, 0.25) is 0 Å². The molecule has 2 heterocycles. The van der Waals surface area contributed by atoms with E-state index in [1.54, 1.807) is 19.1 Å². The summed E-state index contributed by atoms with van der Waals surface area (Å²) in [5, 5.41) is 17.6. The molecule has 2 aromatic heterocycles. The van der Waals surface area contributed by atoms with E-state index in [-0.39, 0.29) is 16.6 Å². The van der Waals surface area contributed by atoms with Crippen molar-refractivity contribution in [3.05, 3.63) is 28.9 Å². The SMILES string of the molecule is CCCCNC(=O)c1nc(-c2ccc(NC(=O)NCC)nc2)sc1C(=O)O. The van der Waals surface area contributed by atoms with Gasteiger partial charge in [0.2, 0.25) is 0 Å². The van der Waals surface area contributed by atoms with Gasteiger partial charge in [0.15, 0.2) is 5.69 Å². The van der Waals surface area contributed by atoms with Crippen molar-refractivity contribution < 1.29 is 19.5 Å². The van der Waals surface area contributed by atoms with Gasteiger partial charge in [-0.25, -0.2) is 19.6 Å². The summed E-state index contributed by atoms with van der Waals surface area (Å²) in [5.74, 6) is -1.37. The molecule has 0 aromatic carbocycles. The first-order valence-corrected chi connectivity index (χ1v) is 9.31. The van der Waals surface area contributed by atoms with Crippen LogP contribution < -0.4 is 16.0 Å². The third-order valence-electron chi connectivity index (χ3n) is 3.44. The molecule has 0 atom stereocenters. The van der Waals surface area contributed by atoms with E-state index in [1.165, 1.54) is 6.20 Å². The standard InChI is InChI=1S/C17H21N5O4S/c1-3-5-8-19-14(23)12-13(16(24)25)27-15(22-12)10-6-7-11(20-9-10)21-17(26)18-4-2/h6-7,9H,3-5,8H2,1-2H3,(H,19,23)(H,24,25)(H2,18,20,21,26). The number of carboxylic acid groups (broad SMARTS) is 1. The maximum absolute atomic E-state index is 12.2. The minimum atomic E-state index is -1.21. The van der Waals surface area contributed by atoms with Gasteiger partial charge in [-0.05, 0) is 25.5 Å². The summed E-state index contributed by atoms with van der Waals surface area (Å²) in [6, 6.07) is 2.86. The number of urea groups is 1. The van der Waals surface area contributed by atoms with Crippen LogP contribution in [-0.2, 0) is 0 Å². The normalized spacial score (nSPS) is 10.3. The molecule has 0 bridgehead atoms. The number of carboxylic acids is 1. The lowest BCUT2D eigenvalue weighted by Gasteiger charge is -2.05. The van der Waals surface area contributed by atoms with Gasteiger partial charge in [0.05, 0.1) is 0 Å². The molecule has 0 aliphatic carbocycles. The second-order valence-corrected chi connectivity index (χ2v) is 6.53. The Bertz CT molecular complexity index is 819. The van der Waals surface area contributed by atoms with Crippen molar-refractivity contribution in [2.24, 2.45) is 0 Å². The molecule has 27 heavy (non-hydrogen) atoms. The lowest BCUT2D eigenvalue weighted by atomic mass is 10.3. The highest BCUT2D eigenvalue weighted by Gasteiger charge is 2.23. The van der Waals surface area contributed by atoms with Crippen LogP contribution >= 0.6 is 11.3 Å². The van der Waals surface area contributed by atoms with Crippen molar-refractivity contribution in [1.82, 2.24) is 20.6 Å². The second-order valence-electron chi connectivity index (χ2n) is 5.53. The van der Waals surface area contributed by atoms with Crippen molar-refractivity contribution in [3.63, 3.8) is 0 Å². The number of aromatic carboxylic acids is 1. The lowest BCUT2D eigenvalue weighted by molar-refractivity contribution is 0.0696. The van der Waals surface area contributed by atoms with Crippen molar-refractivity contribution in [1.29, 1.82) is 0 Å². The number of hydrogen-bond donors (Lipinski definition) is 4. The fourth-order valence-electron chi connectivity index (χ4n) is 2.12. The highest BCUT2D eigenvalue weighted by molar-refractivity contribution is 7.17. The van der Waals surface area contributed by atoms with E-state index in [0.717, 1.165) is 24.2 Å². The van der Waals surface area contributed by atoms with Gasteiger partial charge in [0.1, 0.15) is 15.7 Å². The maximum atomic E-state index is 12.2. The predicted molar refractivity (Wildman–Crippen MR) is 102 cm³/mol. The van der Waals surface area contributed by atoms with E-state index in [0.29, 0.717) is 29.5 Å². The van der Waals surface area contributed by atoms with Gasteiger partial charge in [0, 0.05) is 24.8 Å². The van der Waals surface area contributed by atoms with Crippen LogP contribution in [0.1, 0.15) is 46.8 Å². The molecule has 0 spiro atoms. The van der Waals surface area contributed by atoms with E-state index >= 15 is 0 Å². The molecule has 0 saturated carbocycles. The topological polar surface area (TPSA) is 133 Å². The van der Waals surface area contributed by atoms with Crippen molar-refractivity contribution in [2.45, 2.75) is 26.7 Å². The number of thiazole rings is 1. The van der Waals surface area contributed by atoms with E-state index in [2.05, 4.69) is 25.9 Å². The largest absolute Gasteiger partial charge is 0.477 e. The van der Waals surface area contributed by atoms with E-state index in [4.69, 9.17) is 0 Å². The number of carbonyl (C=O) groups excluding carboxylic acids is 2. The zero-order valence-electron chi connectivity index (χ0n) is 15.0. The number of unbranched alkanes of at least 4 members (excludes halogenated alkanes) is 1. The smallest absolute Gasteiger partial charge is 0.348 e. The molecule has 144 valence electrons. The molecule has 0 radical (unpaired) electrons. The van der Waals surface area contributed by atoms with Crippen LogP contribution in [0.4, 0.5) is 10.6 Å². The van der Waals surface area contributed by atoms with Crippen LogP contribution in [0.5, 0.6) is 0 Å². The van der Waals surface area contributed by atoms with E-state index in [1.807, 2.05) is 6.92 Å². The Hall–Kier alpha value is -3.01. The minimum Gasteiger partial charge on any atom is -0.477 e. The number of rotatable bonds is 8. The average Bonchev–Trinajstić information content (AvgIpc) is 3.08. The Kier molecular flexibility index (Phi) is 7.24. The number of amides is 3.